The number of aromatic hydroxyl groups is 1. The first-order valence-electron chi connectivity index (χ1n) is 7.99. The first kappa shape index (κ1) is 18.9. The number of phenols is 1. The Hall–Kier alpha value is -2.84. The lowest BCUT2D eigenvalue weighted by Gasteiger charge is -2.04. The van der Waals surface area contributed by atoms with Crippen molar-refractivity contribution >= 4 is 35.2 Å². The number of phenolic OH excluding ortho intramolecular Hbond substituents is 1. The van der Waals surface area contributed by atoms with Crippen LogP contribution >= 0.6 is 23.1 Å². The third-order valence-electron chi connectivity index (χ3n) is 3.52. The Labute approximate surface area is 164 Å². The molecule has 0 aliphatic carbocycles. The number of nitrogens with zero attached hydrogens (tertiary/aromatic N) is 2. The summed E-state index contributed by atoms with van der Waals surface area (Å²) in [5.41, 5.74) is 4.84. The van der Waals surface area contributed by atoms with Crippen molar-refractivity contribution < 1.29 is 14.6 Å². The van der Waals surface area contributed by atoms with Crippen LogP contribution in [-0.4, -0.2) is 35.1 Å². The van der Waals surface area contributed by atoms with E-state index in [9.17, 15) is 9.90 Å². The van der Waals surface area contributed by atoms with Crippen molar-refractivity contribution in [3.8, 4) is 22.8 Å². The van der Waals surface area contributed by atoms with Gasteiger partial charge in [0.1, 0.15) is 0 Å². The lowest BCUT2D eigenvalue weighted by atomic mass is 10.2. The molecule has 1 aromatic heterocycles. The van der Waals surface area contributed by atoms with Gasteiger partial charge in [0, 0.05) is 16.5 Å². The zero-order valence-electron chi connectivity index (χ0n) is 14.5. The number of amides is 1. The summed E-state index contributed by atoms with van der Waals surface area (Å²) in [6, 6.07) is 14.9. The number of para-hydroxylation sites is 1. The normalized spacial score (nSPS) is 10.9. The molecule has 0 bridgehead atoms. The summed E-state index contributed by atoms with van der Waals surface area (Å²) in [6.45, 7) is 0. The highest BCUT2D eigenvalue weighted by Crippen LogP contribution is 2.29. The highest BCUT2D eigenvalue weighted by Gasteiger charge is 2.08. The number of hydrogen-bond donors (Lipinski definition) is 2. The Kier molecular flexibility index (Phi) is 6.45. The van der Waals surface area contributed by atoms with Crippen molar-refractivity contribution in [1.29, 1.82) is 0 Å². The highest BCUT2D eigenvalue weighted by molar-refractivity contribution is 8.01. The van der Waals surface area contributed by atoms with Gasteiger partial charge >= 0.3 is 0 Å². The smallest absolute Gasteiger partial charge is 0.250 e. The molecule has 8 heteroatoms. The van der Waals surface area contributed by atoms with E-state index in [0.29, 0.717) is 11.3 Å². The number of nitrogens with one attached hydrogen (secondary N) is 1. The van der Waals surface area contributed by atoms with Crippen LogP contribution in [0.2, 0.25) is 0 Å². The minimum Gasteiger partial charge on any atom is -0.504 e. The van der Waals surface area contributed by atoms with Crippen LogP contribution in [0.5, 0.6) is 11.5 Å². The maximum Gasteiger partial charge on any atom is 0.250 e. The van der Waals surface area contributed by atoms with Gasteiger partial charge in [0.2, 0.25) is 0 Å². The molecular weight excluding hydrogens is 382 g/mol. The number of benzene rings is 2. The molecule has 0 unspecified atom stereocenters. The molecule has 0 aliphatic rings. The minimum absolute atomic E-state index is 0.0244. The van der Waals surface area contributed by atoms with E-state index in [-0.39, 0.29) is 17.4 Å². The maximum atomic E-state index is 11.9. The van der Waals surface area contributed by atoms with E-state index in [1.165, 1.54) is 36.4 Å². The molecule has 3 aromatic rings. The Balaban J connectivity index is 1.51. The molecule has 1 amide bonds. The average Bonchev–Trinajstić information content (AvgIpc) is 3.17. The van der Waals surface area contributed by atoms with Crippen molar-refractivity contribution in [2.45, 2.75) is 4.34 Å². The summed E-state index contributed by atoms with van der Waals surface area (Å²) in [4.78, 5) is 16.5. The lowest BCUT2D eigenvalue weighted by Crippen LogP contribution is -2.19. The SMILES string of the molecule is COc1cccc(/C=N/NC(=O)CSc2nc(-c3ccccc3)cs2)c1O. The van der Waals surface area contributed by atoms with Gasteiger partial charge in [-0.05, 0) is 12.1 Å². The molecule has 0 radical (unpaired) electrons. The number of carbonyl (C=O) groups excluding carboxylic acids is 1. The molecule has 0 spiro atoms. The van der Waals surface area contributed by atoms with Gasteiger partial charge < -0.3 is 9.84 Å². The van der Waals surface area contributed by atoms with E-state index in [4.69, 9.17) is 4.74 Å². The van der Waals surface area contributed by atoms with Gasteiger partial charge in [-0.25, -0.2) is 10.4 Å². The summed E-state index contributed by atoms with van der Waals surface area (Å²) < 4.78 is 5.84. The van der Waals surface area contributed by atoms with Crippen LogP contribution in [0.3, 0.4) is 0 Å². The molecule has 2 aromatic carbocycles. The van der Waals surface area contributed by atoms with Gasteiger partial charge in [0.25, 0.3) is 5.91 Å². The van der Waals surface area contributed by atoms with Crippen molar-refractivity contribution in [3.05, 3.63) is 59.5 Å². The van der Waals surface area contributed by atoms with Crippen LogP contribution in [0.1, 0.15) is 5.56 Å². The molecule has 27 heavy (non-hydrogen) atoms. The average molecular weight is 399 g/mol. The molecule has 2 N–H and O–H groups in total. The molecule has 6 nitrogen and oxygen atoms in total. The second kappa shape index (κ2) is 9.20. The number of hydrogen-bond acceptors (Lipinski definition) is 7. The number of hydrazone groups is 1. The molecule has 0 saturated heterocycles. The van der Waals surface area contributed by atoms with Crippen LogP contribution in [0, 0.1) is 0 Å². The quantitative estimate of drug-likeness (QED) is 0.359. The molecule has 138 valence electrons. The van der Waals surface area contributed by atoms with Gasteiger partial charge in [-0.3, -0.25) is 4.79 Å². The number of methoxy groups -OCH3 is 1. The van der Waals surface area contributed by atoms with E-state index >= 15 is 0 Å². The summed E-state index contributed by atoms with van der Waals surface area (Å²) in [6.07, 6.45) is 1.37. The van der Waals surface area contributed by atoms with Crippen LogP contribution in [0.25, 0.3) is 11.3 Å². The zero-order chi connectivity index (χ0) is 19.1. The van der Waals surface area contributed by atoms with Gasteiger partial charge in [-0.15, -0.1) is 11.3 Å². The molecule has 3 rings (SSSR count). The van der Waals surface area contributed by atoms with Crippen LogP contribution in [0.4, 0.5) is 0 Å². The van der Waals surface area contributed by atoms with Crippen LogP contribution < -0.4 is 10.2 Å². The summed E-state index contributed by atoms with van der Waals surface area (Å²) >= 11 is 2.85. The number of thiazole rings is 1. The number of ether oxygens (including phenoxy) is 1. The second-order valence-corrected chi connectivity index (χ2v) is 7.43. The third kappa shape index (κ3) is 5.08. The summed E-state index contributed by atoms with van der Waals surface area (Å²) in [5.74, 6) is 0.265. The lowest BCUT2D eigenvalue weighted by molar-refractivity contribution is -0.118. The number of thioether (sulfide) groups is 1. The van der Waals surface area contributed by atoms with Crippen molar-refractivity contribution in [1.82, 2.24) is 10.4 Å². The van der Waals surface area contributed by atoms with Crippen molar-refractivity contribution in [3.63, 3.8) is 0 Å². The largest absolute Gasteiger partial charge is 0.504 e. The van der Waals surface area contributed by atoms with Crippen LogP contribution in [-0.2, 0) is 4.79 Å². The Morgan fingerprint density at radius 1 is 1.30 bits per heavy atom. The minimum atomic E-state index is -0.255. The molecule has 1 heterocycles. The van der Waals surface area contributed by atoms with Crippen LogP contribution in [0.15, 0.2) is 63.4 Å². The van der Waals surface area contributed by atoms with Crippen molar-refractivity contribution in [2.75, 3.05) is 12.9 Å². The van der Waals surface area contributed by atoms with E-state index in [2.05, 4.69) is 15.5 Å². The van der Waals surface area contributed by atoms with E-state index in [1.807, 2.05) is 35.7 Å². The van der Waals surface area contributed by atoms with Gasteiger partial charge in [0.05, 0.1) is 24.8 Å². The first-order valence-corrected chi connectivity index (χ1v) is 9.85. The zero-order valence-corrected chi connectivity index (χ0v) is 16.1. The maximum absolute atomic E-state index is 11.9. The summed E-state index contributed by atoms with van der Waals surface area (Å²) in [7, 11) is 1.47. The van der Waals surface area contributed by atoms with Gasteiger partial charge in [-0.2, -0.15) is 5.10 Å². The predicted molar refractivity (Wildman–Crippen MR) is 109 cm³/mol. The predicted octanol–water partition coefficient (Wildman–Crippen LogP) is 3.77. The Morgan fingerprint density at radius 2 is 2.11 bits per heavy atom. The molecular formula is C19H17N3O3S2. The highest BCUT2D eigenvalue weighted by atomic mass is 32.2. The van der Waals surface area contributed by atoms with Gasteiger partial charge in [0.15, 0.2) is 15.8 Å². The Bertz CT molecular complexity index is 942. The Morgan fingerprint density at radius 3 is 2.89 bits per heavy atom. The second-order valence-electron chi connectivity index (χ2n) is 5.34. The van der Waals surface area contributed by atoms with Crippen molar-refractivity contribution in [2.24, 2.45) is 5.10 Å². The number of aromatic nitrogens is 1. The fourth-order valence-electron chi connectivity index (χ4n) is 2.21. The van der Waals surface area contributed by atoms with E-state index in [0.717, 1.165) is 15.6 Å². The fraction of sp³-hybridized carbons (Fsp3) is 0.105. The molecule has 0 saturated carbocycles. The van der Waals surface area contributed by atoms with E-state index in [1.54, 1.807) is 18.2 Å². The third-order valence-corrected chi connectivity index (χ3v) is 5.54. The summed E-state index contributed by atoms with van der Waals surface area (Å²) in [5, 5.41) is 15.8. The standard InChI is InChI=1S/C19H17N3O3S2/c1-25-16-9-5-8-14(18(16)24)10-20-22-17(23)12-27-19-21-15(11-26-19)13-6-3-2-4-7-13/h2-11,24H,12H2,1H3,(H,22,23)/b20-10+. The topological polar surface area (TPSA) is 83.8 Å². The fourth-order valence-corrected chi connectivity index (χ4v) is 3.83. The monoisotopic (exact) mass is 399 g/mol. The first-order chi connectivity index (χ1) is 13.2. The molecule has 0 fully saturated rings. The number of rotatable bonds is 7. The van der Waals surface area contributed by atoms with E-state index < -0.39 is 0 Å². The van der Waals surface area contributed by atoms with Gasteiger partial charge in [-0.1, -0.05) is 48.2 Å². The molecule has 0 atom stereocenters. The number of carbonyl (C=O) groups is 1. The molecule has 0 aliphatic heterocycles.